The molecule has 118 valence electrons. The molecule has 1 unspecified atom stereocenters. The Labute approximate surface area is 133 Å². The van der Waals surface area contributed by atoms with E-state index in [1.54, 1.807) is 0 Å². The first-order valence-corrected chi connectivity index (χ1v) is 7.27. The van der Waals surface area contributed by atoms with Crippen molar-refractivity contribution in [3.63, 3.8) is 0 Å². The molecule has 1 fully saturated rings. The second kappa shape index (κ2) is 8.25. The van der Waals surface area contributed by atoms with Crippen molar-refractivity contribution in [3.8, 4) is 5.75 Å². The average molecular weight is 313 g/mol. The summed E-state index contributed by atoms with van der Waals surface area (Å²) in [7, 11) is 0. The van der Waals surface area contributed by atoms with Crippen LogP contribution in [-0.4, -0.2) is 43.1 Å². The van der Waals surface area contributed by atoms with Gasteiger partial charge < -0.3 is 15.0 Å². The molecular formula is C16H25ClN2O2. The summed E-state index contributed by atoms with van der Waals surface area (Å²) in [6.07, 6.45) is 0.445. The van der Waals surface area contributed by atoms with Crippen molar-refractivity contribution in [3.05, 3.63) is 29.3 Å². The lowest BCUT2D eigenvalue weighted by Crippen LogP contribution is -2.51. The summed E-state index contributed by atoms with van der Waals surface area (Å²) in [4.78, 5) is 14.0. The average Bonchev–Trinajstić information content (AvgIpc) is 2.42. The predicted octanol–water partition coefficient (Wildman–Crippen LogP) is 2.31. The summed E-state index contributed by atoms with van der Waals surface area (Å²) in [5.41, 5.74) is 2.28. The Bertz CT molecular complexity index is 479. The van der Waals surface area contributed by atoms with Crippen molar-refractivity contribution in [2.45, 2.75) is 33.2 Å². The van der Waals surface area contributed by atoms with Gasteiger partial charge in [-0.15, -0.1) is 12.4 Å². The van der Waals surface area contributed by atoms with Crippen molar-refractivity contribution in [1.29, 1.82) is 0 Å². The number of amides is 1. The van der Waals surface area contributed by atoms with E-state index in [-0.39, 0.29) is 18.3 Å². The van der Waals surface area contributed by atoms with Gasteiger partial charge in [0.1, 0.15) is 5.75 Å². The summed E-state index contributed by atoms with van der Waals surface area (Å²) >= 11 is 0. The van der Waals surface area contributed by atoms with E-state index in [1.807, 2.05) is 30.9 Å². The molecular weight excluding hydrogens is 288 g/mol. The van der Waals surface area contributed by atoms with Gasteiger partial charge in [0, 0.05) is 25.7 Å². The standard InChI is InChI=1S/C16H24N2O2.ClH/c1-12-4-5-13(2)15(10-12)20-9-6-16(19)18-8-7-17-14(3)11-18;/h4-5,10,14,17H,6-9,11H2,1-3H3;1H. The first-order valence-electron chi connectivity index (χ1n) is 7.27. The first-order chi connectivity index (χ1) is 9.56. The van der Waals surface area contributed by atoms with Crippen molar-refractivity contribution in [2.24, 2.45) is 0 Å². The van der Waals surface area contributed by atoms with Crippen LogP contribution in [0.4, 0.5) is 0 Å². The summed E-state index contributed by atoms with van der Waals surface area (Å²) in [6, 6.07) is 6.51. The normalized spacial score (nSPS) is 18.0. The van der Waals surface area contributed by atoms with Gasteiger partial charge in [-0.2, -0.15) is 0 Å². The second-order valence-electron chi connectivity index (χ2n) is 5.56. The molecule has 1 aliphatic rings. The van der Waals surface area contributed by atoms with E-state index >= 15 is 0 Å². The third kappa shape index (κ3) is 5.21. The monoisotopic (exact) mass is 312 g/mol. The van der Waals surface area contributed by atoms with Crippen LogP contribution in [0.15, 0.2) is 18.2 Å². The van der Waals surface area contributed by atoms with Gasteiger partial charge in [0.15, 0.2) is 0 Å². The van der Waals surface area contributed by atoms with Gasteiger partial charge in [-0.1, -0.05) is 12.1 Å². The summed E-state index contributed by atoms with van der Waals surface area (Å²) in [6.45, 7) is 9.08. The number of carbonyl (C=O) groups is 1. The Morgan fingerprint density at radius 2 is 2.19 bits per heavy atom. The molecule has 1 atom stereocenters. The highest BCUT2D eigenvalue weighted by Crippen LogP contribution is 2.19. The maximum atomic E-state index is 12.1. The van der Waals surface area contributed by atoms with Crippen molar-refractivity contribution < 1.29 is 9.53 Å². The molecule has 21 heavy (non-hydrogen) atoms. The van der Waals surface area contributed by atoms with Gasteiger partial charge in [-0.05, 0) is 38.0 Å². The minimum absolute atomic E-state index is 0. The Hall–Kier alpha value is -1.26. The van der Waals surface area contributed by atoms with Gasteiger partial charge in [-0.3, -0.25) is 4.79 Å². The fourth-order valence-electron chi connectivity index (χ4n) is 2.43. The highest BCUT2D eigenvalue weighted by Gasteiger charge is 2.20. The molecule has 4 nitrogen and oxygen atoms in total. The number of benzene rings is 1. The van der Waals surface area contributed by atoms with Crippen LogP contribution in [-0.2, 0) is 4.79 Å². The number of hydrogen-bond donors (Lipinski definition) is 1. The molecule has 0 radical (unpaired) electrons. The number of piperazine rings is 1. The van der Waals surface area contributed by atoms with Crippen LogP contribution < -0.4 is 10.1 Å². The Kier molecular flexibility index (Phi) is 6.99. The van der Waals surface area contributed by atoms with Crippen LogP contribution >= 0.6 is 12.4 Å². The lowest BCUT2D eigenvalue weighted by atomic mass is 10.1. The molecule has 2 rings (SSSR count). The molecule has 0 spiro atoms. The number of ether oxygens (including phenoxy) is 1. The van der Waals surface area contributed by atoms with Gasteiger partial charge in [-0.25, -0.2) is 0 Å². The van der Waals surface area contributed by atoms with E-state index < -0.39 is 0 Å². The van der Waals surface area contributed by atoms with E-state index in [2.05, 4.69) is 18.3 Å². The van der Waals surface area contributed by atoms with Crippen LogP contribution in [0.1, 0.15) is 24.5 Å². The van der Waals surface area contributed by atoms with E-state index in [0.717, 1.165) is 30.9 Å². The van der Waals surface area contributed by atoms with Gasteiger partial charge >= 0.3 is 0 Å². The van der Waals surface area contributed by atoms with Crippen LogP contribution in [0.5, 0.6) is 5.75 Å². The largest absolute Gasteiger partial charge is 0.493 e. The van der Waals surface area contributed by atoms with E-state index in [9.17, 15) is 4.79 Å². The number of halogens is 1. The second-order valence-corrected chi connectivity index (χ2v) is 5.56. The summed E-state index contributed by atoms with van der Waals surface area (Å²) in [5, 5.41) is 3.34. The quantitative estimate of drug-likeness (QED) is 0.927. The minimum atomic E-state index is 0. The summed E-state index contributed by atoms with van der Waals surface area (Å²) in [5.74, 6) is 1.06. The Morgan fingerprint density at radius 3 is 2.90 bits per heavy atom. The zero-order chi connectivity index (χ0) is 14.5. The molecule has 1 aliphatic heterocycles. The number of hydrogen-bond acceptors (Lipinski definition) is 3. The highest BCUT2D eigenvalue weighted by atomic mass is 35.5. The molecule has 5 heteroatoms. The molecule has 0 saturated carbocycles. The smallest absolute Gasteiger partial charge is 0.226 e. The van der Waals surface area contributed by atoms with E-state index in [0.29, 0.717) is 19.1 Å². The number of nitrogens with zero attached hydrogens (tertiary/aromatic N) is 1. The van der Waals surface area contributed by atoms with E-state index in [4.69, 9.17) is 4.74 Å². The topological polar surface area (TPSA) is 41.6 Å². The third-order valence-corrected chi connectivity index (χ3v) is 3.64. The minimum Gasteiger partial charge on any atom is -0.493 e. The van der Waals surface area contributed by atoms with Crippen molar-refractivity contribution in [1.82, 2.24) is 10.2 Å². The SMILES string of the molecule is Cc1ccc(C)c(OCCC(=O)N2CCNC(C)C2)c1.Cl. The fraction of sp³-hybridized carbons (Fsp3) is 0.562. The maximum Gasteiger partial charge on any atom is 0.226 e. The third-order valence-electron chi connectivity index (χ3n) is 3.64. The molecule has 1 N–H and O–H groups in total. The number of carbonyl (C=O) groups excluding carboxylic acids is 1. The molecule has 1 saturated heterocycles. The Morgan fingerprint density at radius 1 is 1.43 bits per heavy atom. The molecule has 0 aromatic heterocycles. The van der Waals surface area contributed by atoms with Gasteiger partial charge in [0.2, 0.25) is 5.91 Å². The zero-order valence-electron chi connectivity index (χ0n) is 13.0. The highest BCUT2D eigenvalue weighted by molar-refractivity contribution is 5.85. The summed E-state index contributed by atoms with van der Waals surface area (Å²) < 4.78 is 5.74. The molecule has 1 amide bonds. The van der Waals surface area contributed by atoms with Crippen LogP contribution in [0.2, 0.25) is 0 Å². The lowest BCUT2D eigenvalue weighted by molar-refractivity contribution is -0.132. The van der Waals surface area contributed by atoms with Crippen molar-refractivity contribution >= 4 is 18.3 Å². The van der Waals surface area contributed by atoms with Crippen LogP contribution in [0, 0.1) is 13.8 Å². The lowest BCUT2D eigenvalue weighted by Gasteiger charge is -2.32. The van der Waals surface area contributed by atoms with Gasteiger partial charge in [0.25, 0.3) is 0 Å². The Balaban J connectivity index is 0.00000220. The molecule has 0 aliphatic carbocycles. The van der Waals surface area contributed by atoms with E-state index in [1.165, 1.54) is 5.56 Å². The van der Waals surface area contributed by atoms with Gasteiger partial charge in [0.05, 0.1) is 13.0 Å². The fourth-order valence-corrected chi connectivity index (χ4v) is 2.43. The first kappa shape index (κ1) is 17.8. The number of nitrogens with one attached hydrogen (secondary N) is 1. The van der Waals surface area contributed by atoms with Crippen molar-refractivity contribution in [2.75, 3.05) is 26.2 Å². The molecule has 1 heterocycles. The molecule has 1 aromatic carbocycles. The number of aryl methyl sites for hydroxylation is 2. The molecule has 0 bridgehead atoms. The predicted molar refractivity (Wildman–Crippen MR) is 87.3 cm³/mol. The van der Waals surface area contributed by atoms with Crippen LogP contribution in [0.3, 0.4) is 0 Å². The molecule has 1 aromatic rings. The zero-order valence-corrected chi connectivity index (χ0v) is 13.8. The van der Waals surface area contributed by atoms with Crippen LogP contribution in [0.25, 0.3) is 0 Å². The maximum absolute atomic E-state index is 12.1. The number of rotatable bonds is 4.